The third-order valence-corrected chi connectivity index (χ3v) is 15.3. The summed E-state index contributed by atoms with van der Waals surface area (Å²) in [5.41, 5.74) is -6.04. The Morgan fingerprint density at radius 3 is 2.16 bits per heavy atom. The molecular weight excluding hydrogens is 1100 g/mol. The highest BCUT2D eigenvalue weighted by atomic mass is 35.5. The topological polar surface area (TPSA) is 214 Å². The van der Waals surface area contributed by atoms with Crippen LogP contribution in [0.4, 0.5) is 54.5 Å². The number of ether oxygens (including phenoxy) is 3. The molecule has 0 radical (unpaired) electrons. The number of halogens is 11. The van der Waals surface area contributed by atoms with Crippen molar-refractivity contribution in [3.05, 3.63) is 93.0 Å². The van der Waals surface area contributed by atoms with Crippen LogP contribution in [0.25, 0.3) is 22.0 Å². The van der Waals surface area contributed by atoms with E-state index in [9.17, 15) is 61.5 Å². The largest absolute Gasteiger partial charge is 0.446 e. The van der Waals surface area contributed by atoms with Gasteiger partial charge in [-0.3, -0.25) is 14.2 Å². The van der Waals surface area contributed by atoms with E-state index in [0.29, 0.717) is 12.3 Å². The third-order valence-electron chi connectivity index (χ3n) is 12.1. The van der Waals surface area contributed by atoms with E-state index in [1.807, 2.05) is 0 Å². The lowest BCUT2D eigenvalue weighted by atomic mass is 9.93. The van der Waals surface area contributed by atoms with Gasteiger partial charge in [0.1, 0.15) is 47.5 Å². The van der Waals surface area contributed by atoms with Crippen LogP contribution in [0.2, 0.25) is 5.02 Å². The number of sulfone groups is 1. The number of nitrogens with zero attached hydrogens (tertiary/aromatic N) is 6. The van der Waals surface area contributed by atoms with Gasteiger partial charge in [0.05, 0.1) is 67.0 Å². The van der Waals surface area contributed by atoms with Crippen molar-refractivity contribution < 1.29 is 89.6 Å². The number of carbonyl (C=O) groups excluding carboxylic acids is 2. The maximum Gasteiger partial charge on any atom is 0.435 e. The molecule has 2 amide bonds. The summed E-state index contributed by atoms with van der Waals surface area (Å²) in [6, 6.07) is 4.67. The second-order valence-electron chi connectivity index (χ2n) is 18.1. The highest BCUT2D eigenvalue weighted by Gasteiger charge is 2.68. The Labute approximate surface area is 431 Å². The van der Waals surface area contributed by atoms with Gasteiger partial charge < -0.3 is 24.6 Å². The predicted octanol–water partition coefficient (Wildman–Crippen LogP) is 7.22. The summed E-state index contributed by atoms with van der Waals surface area (Å²) in [6.45, 7) is -2.13. The van der Waals surface area contributed by atoms with Crippen LogP contribution < -0.4 is 9.62 Å². The molecule has 17 nitrogen and oxygen atoms in total. The standard InChI is InChI=1S/C46H44ClF10N7O10S2/c1-43(2,75(3,68)69)10-9-27-5-6-28(29-7-8-32(47)36-38(29)63(23-44(50,51)52)61-41(36)64(76(4,70)71)42(67)74-16-15-73-14-13-72-12-11-65)37(58-27)33(19-24-17-25(48)20-26(49)18-24)59-34(66)22-62-40-35(39(60-62)46(55,56)57)30-21-31(30)45(40,53)54/h5-8,17-18,20,30-31,33,65H,11-16,19,21-23H2,1-4H3,(H,59,66)/t30-,31+,33-/m0/s1. The molecule has 0 unspecified atom stereocenters. The van der Waals surface area contributed by atoms with Gasteiger partial charge in [0, 0.05) is 34.9 Å². The second-order valence-corrected chi connectivity index (χ2v) is 22.9. The van der Waals surface area contributed by atoms with Crippen LogP contribution in [0.1, 0.15) is 66.1 Å². The summed E-state index contributed by atoms with van der Waals surface area (Å²) >= 11 is 6.64. The molecule has 30 heteroatoms. The molecule has 0 aliphatic heterocycles. The van der Waals surface area contributed by atoms with Crippen molar-refractivity contribution >= 4 is 60.2 Å². The third kappa shape index (κ3) is 12.5. The highest BCUT2D eigenvalue weighted by molar-refractivity contribution is 7.93. The predicted molar refractivity (Wildman–Crippen MR) is 250 cm³/mol. The Balaban J connectivity index is 1.42. The molecule has 0 spiro atoms. The number of nitrogens with one attached hydrogen (secondary N) is 1. The molecule has 76 heavy (non-hydrogen) atoms. The monoisotopic (exact) mass is 1140 g/mol. The summed E-state index contributed by atoms with van der Waals surface area (Å²) in [7, 11) is -8.80. The smallest absolute Gasteiger partial charge is 0.435 e. The molecule has 5 aromatic rings. The second kappa shape index (κ2) is 21.4. The van der Waals surface area contributed by atoms with Crippen molar-refractivity contribution in [1.29, 1.82) is 0 Å². The number of amides is 2. The van der Waals surface area contributed by atoms with E-state index in [-0.39, 0.29) is 75.5 Å². The Morgan fingerprint density at radius 1 is 0.921 bits per heavy atom. The molecule has 2 aliphatic carbocycles. The molecule has 0 bridgehead atoms. The molecule has 1 fully saturated rings. The van der Waals surface area contributed by atoms with Crippen LogP contribution in [0.15, 0.2) is 42.5 Å². The molecular formula is C46H44ClF10N7O10S2. The number of aliphatic hydroxyl groups is 1. The molecule has 3 heterocycles. The van der Waals surface area contributed by atoms with Crippen molar-refractivity contribution in [2.75, 3.05) is 56.5 Å². The van der Waals surface area contributed by atoms with Gasteiger partial charge in [-0.15, -0.1) is 0 Å². The number of pyridine rings is 1. The fourth-order valence-electron chi connectivity index (χ4n) is 8.41. The first-order valence-corrected chi connectivity index (χ1v) is 26.6. The summed E-state index contributed by atoms with van der Waals surface area (Å²) in [5, 5.41) is 17.4. The lowest BCUT2D eigenvalue weighted by molar-refractivity contribution is -0.143. The van der Waals surface area contributed by atoms with E-state index < -0.39 is 155 Å². The van der Waals surface area contributed by atoms with Gasteiger partial charge in [0.2, 0.25) is 15.9 Å². The maximum atomic E-state index is 15.6. The highest BCUT2D eigenvalue weighted by Crippen LogP contribution is 2.68. The number of hydrogen-bond donors (Lipinski definition) is 2. The summed E-state index contributed by atoms with van der Waals surface area (Å²) in [5.74, 6) is -6.15. The minimum Gasteiger partial charge on any atom is -0.446 e. The fourth-order valence-corrected chi connectivity index (χ4v) is 9.65. The summed E-state index contributed by atoms with van der Waals surface area (Å²) < 4.78 is 213. The Morgan fingerprint density at radius 2 is 1.55 bits per heavy atom. The number of rotatable bonds is 19. The number of fused-ring (bicyclic) bond motifs is 4. The van der Waals surface area contributed by atoms with E-state index in [4.69, 9.17) is 30.9 Å². The number of aliphatic hydroxyl groups excluding tert-OH is 1. The van der Waals surface area contributed by atoms with Crippen LogP contribution in [0.3, 0.4) is 0 Å². The molecule has 2 aromatic carbocycles. The van der Waals surface area contributed by atoms with Gasteiger partial charge in [-0.05, 0) is 74.4 Å². The molecule has 0 saturated heterocycles. The van der Waals surface area contributed by atoms with Crippen molar-refractivity contribution in [3.8, 4) is 23.0 Å². The van der Waals surface area contributed by atoms with E-state index in [1.54, 1.807) is 0 Å². The molecule has 3 atom stereocenters. The summed E-state index contributed by atoms with van der Waals surface area (Å²) in [4.78, 5) is 32.3. The molecule has 3 aromatic heterocycles. The number of anilines is 1. The number of benzene rings is 2. The maximum absolute atomic E-state index is 15.6. The van der Waals surface area contributed by atoms with Gasteiger partial charge in [-0.1, -0.05) is 23.6 Å². The van der Waals surface area contributed by atoms with Crippen molar-refractivity contribution in [2.24, 2.45) is 5.92 Å². The van der Waals surface area contributed by atoms with Crippen LogP contribution in [-0.4, -0.2) is 122 Å². The van der Waals surface area contributed by atoms with Crippen molar-refractivity contribution in [2.45, 2.75) is 74.8 Å². The van der Waals surface area contributed by atoms with Crippen LogP contribution in [0.5, 0.6) is 0 Å². The molecule has 2 aliphatic rings. The lowest BCUT2D eigenvalue weighted by Crippen LogP contribution is -2.37. The number of carbonyl (C=O) groups is 2. The fraction of sp³-hybridized carbons (Fsp3) is 0.457. The minimum atomic E-state index is -5.23. The average Bonchev–Trinajstić information content (AvgIpc) is 3.80. The first kappa shape index (κ1) is 57.6. The zero-order valence-electron chi connectivity index (χ0n) is 40.1. The normalized spacial score (nSPS) is 16.7. The van der Waals surface area contributed by atoms with Gasteiger partial charge in [-0.25, -0.2) is 35.4 Å². The Hall–Kier alpha value is -6.06. The number of sulfonamides is 1. The zero-order chi connectivity index (χ0) is 56.1. The lowest BCUT2D eigenvalue weighted by Gasteiger charge is -2.23. The minimum absolute atomic E-state index is 0.00414. The van der Waals surface area contributed by atoms with Gasteiger partial charge in [-0.2, -0.15) is 49.6 Å². The molecule has 2 N–H and O–H groups in total. The van der Waals surface area contributed by atoms with Crippen LogP contribution >= 0.6 is 11.6 Å². The van der Waals surface area contributed by atoms with Crippen molar-refractivity contribution in [1.82, 2.24) is 29.9 Å². The van der Waals surface area contributed by atoms with E-state index in [0.717, 1.165) is 42.7 Å². The van der Waals surface area contributed by atoms with Crippen molar-refractivity contribution in [3.63, 3.8) is 0 Å². The number of aromatic nitrogens is 5. The van der Waals surface area contributed by atoms with Crippen LogP contribution in [0, 0.1) is 29.4 Å². The van der Waals surface area contributed by atoms with Gasteiger partial charge in [0.25, 0.3) is 5.92 Å². The van der Waals surface area contributed by atoms with Gasteiger partial charge >= 0.3 is 18.4 Å². The number of alkyl halides is 8. The average molecular weight is 1140 g/mol. The summed E-state index contributed by atoms with van der Waals surface area (Å²) in [6.07, 6.45) is -11.7. The molecule has 412 valence electrons. The quantitative estimate of drug-likeness (QED) is 0.0476. The SMILES string of the molecule is CC(C)(C#Cc1ccc(-c2ccc(Cl)c3c(N(C(=O)OCCOCCOCCO)S(C)(=O)=O)nn(CC(F)(F)F)c23)c([C@H](Cc2cc(F)cc(F)c2)NC(=O)Cn2nc(C(F)(F)F)c3c2C(F)(F)[C@@H]2C[C@H]32)n1)S(C)(=O)=O. The number of hydrogen-bond acceptors (Lipinski definition) is 13. The first-order chi connectivity index (χ1) is 35.2. The molecule has 1 saturated carbocycles. The zero-order valence-corrected chi connectivity index (χ0v) is 42.5. The van der Waals surface area contributed by atoms with Gasteiger partial charge in [0.15, 0.2) is 21.3 Å². The molecule has 7 rings (SSSR count). The van der Waals surface area contributed by atoms with E-state index in [1.165, 1.54) is 13.8 Å². The van der Waals surface area contributed by atoms with E-state index in [2.05, 4.69) is 32.3 Å². The Kier molecular flexibility index (Phi) is 16.2. The van der Waals surface area contributed by atoms with Crippen LogP contribution in [-0.2, 0) is 70.5 Å². The first-order valence-electron chi connectivity index (χ1n) is 22.5. The van der Waals surface area contributed by atoms with E-state index >= 15 is 8.78 Å². The Bertz CT molecular complexity index is 3360.